The molecule has 0 bridgehead atoms. The maximum atomic E-state index is 12.4. The van der Waals surface area contributed by atoms with Gasteiger partial charge in [-0.1, -0.05) is 24.3 Å². The number of hydrogen-bond donors (Lipinski definition) is 2. The van der Waals surface area contributed by atoms with Crippen molar-refractivity contribution >= 4 is 21.6 Å². The zero-order chi connectivity index (χ0) is 19.3. The normalized spacial score (nSPS) is 12.3. The molecule has 0 fully saturated rings. The van der Waals surface area contributed by atoms with E-state index in [-0.39, 0.29) is 11.9 Å². The molecule has 1 amide bonds. The van der Waals surface area contributed by atoms with Crippen molar-refractivity contribution in [3.8, 4) is 5.75 Å². The van der Waals surface area contributed by atoms with Crippen LogP contribution in [-0.4, -0.2) is 33.2 Å². The van der Waals surface area contributed by atoms with E-state index in [0.29, 0.717) is 17.9 Å². The third-order valence-electron chi connectivity index (χ3n) is 3.76. The predicted molar refractivity (Wildman–Crippen MR) is 103 cm³/mol. The quantitative estimate of drug-likeness (QED) is 0.778. The van der Waals surface area contributed by atoms with Crippen LogP contribution in [0, 0.1) is 13.8 Å². The van der Waals surface area contributed by atoms with Crippen molar-refractivity contribution in [2.45, 2.75) is 26.8 Å². The average Bonchev–Trinajstić information content (AvgIpc) is 2.55. The fourth-order valence-corrected chi connectivity index (χ4v) is 2.97. The van der Waals surface area contributed by atoms with E-state index in [4.69, 9.17) is 4.74 Å². The van der Waals surface area contributed by atoms with Gasteiger partial charge < -0.3 is 10.1 Å². The summed E-state index contributed by atoms with van der Waals surface area (Å²) in [6, 6.07) is 12.4. The Morgan fingerprint density at radius 1 is 1.12 bits per heavy atom. The monoisotopic (exact) mass is 376 g/mol. The molecule has 0 spiro atoms. The summed E-state index contributed by atoms with van der Waals surface area (Å²) in [6.07, 6.45) is 1.07. The van der Waals surface area contributed by atoms with E-state index in [2.05, 4.69) is 10.0 Å². The molecule has 140 valence electrons. The van der Waals surface area contributed by atoms with Crippen LogP contribution in [0.5, 0.6) is 5.75 Å². The zero-order valence-electron chi connectivity index (χ0n) is 15.4. The van der Waals surface area contributed by atoms with Crippen LogP contribution < -0.4 is 14.8 Å². The molecule has 26 heavy (non-hydrogen) atoms. The van der Waals surface area contributed by atoms with Gasteiger partial charge in [-0.3, -0.25) is 9.52 Å². The number of sulfonamides is 1. The van der Waals surface area contributed by atoms with Crippen LogP contribution in [0.25, 0.3) is 0 Å². The summed E-state index contributed by atoms with van der Waals surface area (Å²) in [6.45, 7) is 5.91. The van der Waals surface area contributed by atoms with Gasteiger partial charge >= 0.3 is 0 Å². The van der Waals surface area contributed by atoms with Crippen LogP contribution in [-0.2, 0) is 10.0 Å². The van der Waals surface area contributed by atoms with Gasteiger partial charge in [0.2, 0.25) is 10.0 Å². The molecule has 2 aromatic carbocycles. The lowest BCUT2D eigenvalue weighted by Gasteiger charge is -2.17. The first kappa shape index (κ1) is 19.8. The van der Waals surface area contributed by atoms with Gasteiger partial charge in [0, 0.05) is 5.56 Å². The summed E-state index contributed by atoms with van der Waals surface area (Å²) in [5.74, 6) is 0.492. The molecule has 0 aliphatic rings. The molecule has 0 radical (unpaired) electrons. The smallest absolute Gasteiger partial charge is 0.251 e. The first-order valence-electron chi connectivity index (χ1n) is 8.23. The van der Waals surface area contributed by atoms with Crippen LogP contribution >= 0.6 is 0 Å². The lowest BCUT2D eigenvalue weighted by molar-refractivity contribution is 0.0926. The maximum Gasteiger partial charge on any atom is 0.251 e. The number of hydrogen-bond acceptors (Lipinski definition) is 4. The second-order valence-electron chi connectivity index (χ2n) is 6.35. The van der Waals surface area contributed by atoms with Crippen LogP contribution in [0.4, 0.5) is 5.69 Å². The maximum absolute atomic E-state index is 12.4. The number of para-hydroxylation sites is 1. The molecule has 0 saturated heterocycles. The van der Waals surface area contributed by atoms with Gasteiger partial charge in [0.25, 0.3) is 5.91 Å². The lowest BCUT2D eigenvalue weighted by Crippen LogP contribution is -2.36. The molecule has 2 N–H and O–H groups in total. The molecule has 0 heterocycles. The number of benzene rings is 2. The number of amides is 1. The van der Waals surface area contributed by atoms with E-state index in [1.807, 2.05) is 38.1 Å². The average molecular weight is 376 g/mol. The summed E-state index contributed by atoms with van der Waals surface area (Å²) >= 11 is 0. The van der Waals surface area contributed by atoms with Crippen molar-refractivity contribution in [2.24, 2.45) is 0 Å². The molecular weight excluding hydrogens is 352 g/mol. The highest BCUT2D eigenvalue weighted by molar-refractivity contribution is 7.92. The van der Waals surface area contributed by atoms with Crippen LogP contribution in [0.15, 0.2) is 42.5 Å². The van der Waals surface area contributed by atoms with Crippen molar-refractivity contribution in [2.75, 3.05) is 17.6 Å². The van der Waals surface area contributed by atoms with Crippen LogP contribution in [0.3, 0.4) is 0 Å². The lowest BCUT2D eigenvalue weighted by atomic mass is 10.1. The Labute approximate surface area is 154 Å². The minimum atomic E-state index is -3.41. The molecule has 0 aliphatic carbocycles. The molecule has 2 aromatic rings. The number of aryl methyl sites for hydroxylation is 2. The van der Waals surface area contributed by atoms with Crippen LogP contribution in [0.1, 0.15) is 28.4 Å². The fourth-order valence-electron chi connectivity index (χ4n) is 2.35. The van der Waals surface area contributed by atoms with Crippen molar-refractivity contribution in [3.05, 3.63) is 59.2 Å². The minimum absolute atomic E-state index is 0.213. The van der Waals surface area contributed by atoms with E-state index >= 15 is 0 Å². The SMILES string of the molecule is Cc1ccc(C(=O)N[C@H](C)COc2ccccc2C)cc1NS(C)(=O)=O. The van der Waals surface area contributed by atoms with Crippen LogP contribution in [0.2, 0.25) is 0 Å². The van der Waals surface area contributed by atoms with Gasteiger partial charge in [0.15, 0.2) is 0 Å². The molecular formula is C19H24N2O4S. The predicted octanol–water partition coefficient (Wildman–Crippen LogP) is 2.87. The number of carbonyl (C=O) groups is 1. The Balaban J connectivity index is 2.00. The summed E-state index contributed by atoms with van der Waals surface area (Å²) in [4.78, 5) is 12.4. The molecule has 6 nitrogen and oxygen atoms in total. The van der Waals surface area contributed by atoms with Gasteiger partial charge in [-0.05, 0) is 50.1 Å². The largest absolute Gasteiger partial charge is 0.491 e. The summed E-state index contributed by atoms with van der Waals surface area (Å²) in [7, 11) is -3.41. The Kier molecular flexibility index (Phi) is 6.26. The second-order valence-corrected chi connectivity index (χ2v) is 8.10. The van der Waals surface area contributed by atoms with Gasteiger partial charge in [-0.2, -0.15) is 0 Å². The Bertz CT molecular complexity index is 894. The Morgan fingerprint density at radius 2 is 1.81 bits per heavy atom. The van der Waals surface area contributed by atoms with Gasteiger partial charge in [0.1, 0.15) is 12.4 Å². The number of carbonyl (C=O) groups excluding carboxylic acids is 1. The Hall–Kier alpha value is -2.54. The summed E-state index contributed by atoms with van der Waals surface area (Å²) in [5.41, 5.74) is 2.54. The zero-order valence-corrected chi connectivity index (χ0v) is 16.2. The molecule has 2 rings (SSSR count). The summed E-state index contributed by atoms with van der Waals surface area (Å²) in [5, 5.41) is 2.85. The minimum Gasteiger partial charge on any atom is -0.491 e. The van der Waals surface area contributed by atoms with E-state index in [1.165, 1.54) is 6.07 Å². The first-order valence-corrected chi connectivity index (χ1v) is 10.1. The highest BCUT2D eigenvalue weighted by atomic mass is 32.2. The number of rotatable bonds is 7. The van der Waals surface area contributed by atoms with Crippen molar-refractivity contribution in [3.63, 3.8) is 0 Å². The van der Waals surface area contributed by atoms with E-state index < -0.39 is 10.0 Å². The summed E-state index contributed by atoms with van der Waals surface area (Å²) < 4.78 is 31.0. The highest BCUT2D eigenvalue weighted by Crippen LogP contribution is 2.19. The molecule has 0 aliphatic heterocycles. The second kappa shape index (κ2) is 8.23. The number of anilines is 1. The third-order valence-corrected chi connectivity index (χ3v) is 4.35. The third kappa shape index (κ3) is 5.77. The van der Waals surface area contributed by atoms with Gasteiger partial charge in [-0.25, -0.2) is 8.42 Å². The number of nitrogens with one attached hydrogen (secondary N) is 2. The van der Waals surface area contributed by atoms with Crippen molar-refractivity contribution in [1.29, 1.82) is 0 Å². The molecule has 0 aromatic heterocycles. The molecule has 0 saturated carbocycles. The van der Waals surface area contributed by atoms with Gasteiger partial charge in [-0.15, -0.1) is 0 Å². The number of ether oxygens (including phenoxy) is 1. The standard InChI is InChI=1S/C19H24N2O4S/c1-13-9-10-16(11-17(13)21-26(4,23)24)19(22)20-15(3)12-25-18-8-6-5-7-14(18)2/h5-11,15,21H,12H2,1-4H3,(H,20,22)/t15-/m1/s1. The van der Waals surface area contributed by atoms with E-state index in [1.54, 1.807) is 19.1 Å². The van der Waals surface area contributed by atoms with E-state index in [0.717, 1.165) is 23.1 Å². The topological polar surface area (TPSA) is 84.5 Å². The molecule has 1 atom stereocenters. The fraction of sp³-hybridized carbons (Fsp3) is 0.316. The van der Waals surface area contributed by atoms with Crippen molar-refractivity contribution < 1.29 is 17.9 Å². The van der Waals surface area contributed by atoms with Gasteiger partial charge in [0.05, 0.1) is 18.0 Å². The highest BCUT2D eigenvalue weighted by Gasteiger charge is 2.13. The first-order chi connectivity index (χ1) is 12.2. The Morgan fingerprint density at radius 3 is 2.46 bits per heavy atom. The van der Waals surface area contributed by atoms with Crippen molar-refractivity contribution in [1.82, 2.24) is 5.32 Å². The molecule has 0 unspecified atom stereocenters. The van der Waals surface area contributed by atoms with E-state index in [9.17, 15) is 13.2 Å². The molecule has 7 heteroatoms.